The Kier molecular flexibility index (Phi) is 5.12. The summed E-state index contributed by atoms with van der Waals surface area (Å²) in [6, 6.07) is 5.59. The minimum atomic E-state index is -1.32. The van der Waals surface area contributed by atoms with Gasteiger partial charge in [-0.3, -0.25) is 14.4 Å². The Hall–Kier alpha value is -1.87. The molecule has 7 nitrogen and oxygen atoms in total. The second kappa shape index (κ2) is 7.03. The van der Waals surface area contributed by atoms with E-state index in [2.05, 4.69) is 33.3 Å². The van der Waals surface area contributed by atoms with Gasteiger partial charge in [0, 0.05) is 30.4 Å². The van der Waals surface area contributed by atoms with Crippen LogP contribution in [0.5, 0.6) is 0 Å². The van der Waals surface area contributed by atoms with Gasteiger partial charge in [-0.15, -0.1) is 5.10 Å². The normalized spacial score (nSPS) is 21.2. The van der Waals surface area contributed by atoms with Crippen LogP contribution in [-0.2, 0) is 19.3 Å². The lowest BCUT2D eigenvalue weighted by atomic mass is 10.1. The number of fused-ring (bicyclic) bond motifs is 2. The van der Waals surface area contributed by atoms with Gasteiger partial charge < -0.3 is 10.2 Å². The van der Waals surface area contributed by atoms with E-state index in [1.54, 1.807) is 4.90 Å². The molecule has 1 aromatic rings. The number of hydrogen-bond donors (Lipinski definition) is 1. The maximum atomic E-state index is 13.5. The lowest BCUT2D eigenvalue weighted by molar-refractivity contribution is -0.139. The molecule has 26 heavy (non-hydrogen) atoms. The maximum Gasteiger partial charge on any atom is 0.270 e. The van der Waals surface area contributed by atoms with Crippen LogP contribution in [0.25, 0.3) is 0 Å². The average Bonchev–Trinajstić information content (AvgIpc) is 3.04. The van der Waals surface area contributed by atoms with Crippen molar-refractivity contribution >= 4 is 56.3 Å². The smallest absolute Gasteiger partial charge is 0.270 e. The Balaban J connectivity index is 2.13. The maximum absolute atomic E-state index is 13.5. The molecular formula is C17H19BrN4O3S. The monoisotopic (exact) mass is 438 g/mol. The van der Waals surface area contributed by atoms with Crippen molar-refractivity contribution in [3.05, 3.63) is 28.2 Å². The molecule has 1 N–H and O–H groups in total. The summed E-state index contributed by atoms with van der Waals surface area (Å²) in [5, 5.41) is 8.25. The van der Waals surface area contributed by atoms with E-state index in [-0.39, 0.29) is 22.9 Å². The molecule has 0 bridgehead atoms. The summed E-state index contributed by atoms with van der Waals surface area (Å²) < 4.78 is 0.804. The van der Waals surface area contributed by atoms with Crippen LogP contribution < -0.4 is 10.2 Å². The molecule has 0 radical (unpaired) electrons. The summed E-state index contributed by atoms with van der Waals surface area (Å²) in [7, 11) is 0. The molecule has 0 aromatic heterocycles. The van der Waals surface area contributed by atoms with Gasteiger partial charge in [-0.2, -0.15) is 5.01 Å². The van der Waals surface area contributed by atoms with Crippen molar-refractivity contribution in [1.82, 2.24) is 10.3 Å². The van der Waals surface area contributed by atoms with E-state index < -0.39 is 4.87 Å². The van der Waals surface area contributed by atoms with Crippen LogP contribution in [0.3, 0.4) is 0 Å². The summed E-state index contributed by atoms with van der Waals surface area (Å²) >= 11 is 4.54. The van der Waals surface area contributed by atoms with Gasteiger partial charge in [-0.05, 0) is 36.4 Å². The number of hydrazone groups is 1. The number of anilines is 1. The molecule has 3 amide bonds. The van der Waals surface area contributed by atoms with E-state index >= 15 is 0 Å². The third-order valence-electron chi connectivity index (χ3n) is 4.20. The number of carbonyl (C=O) groups excluding carboxylic acids is 3. The molecule has 2 aliphatic heterocycles. The summed E-state index contributed by atoms with van der Waals surface area (Å²) in [4.78, 5) is 37.6. The third kappa shape index (κ3) is 2.92. The average molecular weight is 439 g/mol. The molecular weight excluding hydrogens is 420 g/mol. The Morgan fingerprint density at radius 3 is 2.69 bits per heavy atom. The third-order valence-corrected chi connectivity index (χ3v) is 5.93. The highest BCUT2D eigenvalue weighted by Gasteiger charge is 2.61. The summed E-state index contributed by atoms with van der Waals surface area (Å²) in [6.45, 7) is 5.35. The van der Waals surface area contributed by atoms with Crippen molar-refractivity contribution < 1.29 is 14.4 Å². The first-order valence-electron chi connectivity index (χ1n) is 8.29. The number of unbranched alkanes of at least 4 members (excludes halogenated alkanes) is 1. The van der Waals surface area contributed by atoms with Crippen molar-refractivity contribution in [3.63, 3.8) is 0 Å². The molecule has 0 aliphatic carbocycles. The van der Waals surface area contributed by atoms with Gasteiger partial charge in [-0.25, -0.2) is 0 Å². The molecule has 1 aromatic carbocycles. The van der Waals surface area contributed by atoms with Crippen molar-refractivity contribution in [2.24, 2.45) is 5.10 Å². The predicted octanol–water partition coefficient (Wildman–Crippen LogP) is 2.75. The van der Waals surface area contributed by atoms with Crippen LogP contribution in [0.15, 0.2) is 27.8 Å². The molecule has 1 spiro atoms. The minimum Gasteiger partial charge on any atom is -0.309 e. The fourth-order valence-electron chi connectivity index (χ4n) is 3.12. The van der Waals surface area contributed by atoms with E-state index in [4.69, 9.17) is 0 Å². The molecule has 1 atom stereocenters. The van der Waals surface area contributed by atoms with E-state index in [0.717, 1.165) is 34.8 Å². The highest BCUT2D eigenvalue weighted by atomic mass is 79.9. The van der Waals surface area contributed by atoms with Crippen LogP contribution in [0.1, 0.15) is 39.2 Å². The molecule has 3 rings (SSSR count). The number of carbonyl (C=O) groups is 3. The first-order valence-corrected chi connectivity index (χ1v) is 9.90. The molecule has 138 valence electrons. The first-order chi connectivity index (χ1) is 12.3. The second-order valence-electron chi connectivity index (χ2n) is 6.14. The van der Waals surface area contributed by atoms with Gasteiger partial charge in [-0.1, -0.05) is 29.3 Å². The number of thioether (sulfide) groups is 1. The van der Waals surface area contributed by atoms with Crippen molar-refractivity contribution in [2.75, 3.05) is 11.4 Å². The van der Waals surface area contributed by atoms with Crippen molar-refractivity contribution in [3.8, 4) is 0 Å². The highest BCUT2D eigenvalue weighted by molar-refractivity contribution is 9.10. The standard InChI is InChI=1S/C17H19BrN4O3S/c1-4-5-8-21-14-7-6-12(18)9-13(14)17(15(21)25)22(11(3)24)20-16(26-17)19-10(2)23/h6-7,9H,4-5,8H2,1-3H3,(H,19,20,23)/t17-/m1/s1. The molecule has 0 unspecified atom stereocenters. The summed E-state index contributed by atoms with van der Waals surface area (Å²) in [5.74, 6) is -0.891. The van der Waals surface area contributed by atoms with E-state index in [1.807, 2.05) is 18.2 Å². The zero-order valence-electron chi connectivity index (χ0n) is 14.7. The number of rotatable bonds is 3. The molecule has 0 saturated carbocycles. The van der Waals surface area contributed by atoms with E-state index in [1.165, 1.54) is 18.9 Å². The summed E-state index contributed by atoms with van der Waals surface area (Å²) in [5.41, 5.74) is 1.46. The van der Waals surface area contributed by atoms with Crippen LogP contribution in [0, 0.1) is 0 Å². The Morgan fingerprint density at radius 2 is 2.08 bits per heavy atom. The van der Waals surface area contributed by atoms with Gasteiger partial charge in [0.25, 0.3) is 5.91 Å². The zero-order chi connectivity index (χ0) is 19.1. The highest BCUT2D eigenvalue weighted by Crippen LogP contribution is 2.54. The lowest BCUT2D eigenvalue weighted by Gasteiger charge is -2.29. The van der Waals surface area contributed by atoms with Gasteiger partial charge in [0.05, 0.1) is 5.69 Å². The topological polar surface area (TPSA) is 82.1 Å². The van der Waals surface area contributed by atoms with E-state index in [9.17, 15) is 14.4 Å². The molecule has 9 heteroatoms. The molecule has 0 fully saturated rings. The Bertz CT molecular complexity index is 828. The summed E-state index contributed by atoms with van der Waals surface area (Å²) in [6.07, 6.45) is 1.79. The zero-order valence-corrected chi connectivity index (χ0v) is 17.1. The fourth-order valence-corrected chi connectivity index (χ4v) is 4.81. The number of amidine groups is 1. The number of benzene rings is 1. The van der Waals surface area contributed by atoms with Crippen LogP contribution in [-0.4, -0.2) is 34.4 Å². The molecule has 2 heterocycles. The van der Waals surface area contributed by atoms with Crippen LogP contribution >= 0.6 is 27.7 Å². The predicted molar refractivity (Wildman–Crippen MR) is 104 cm³/mol. The van der Waals surface area contributed by atoms with Crippen LogP contribution in [0.4, 0.5) is 5.69 Å². The molecule has 0 saturated heterocycles. The van der Waals surface area contributed by atoms with Gasteiger partial charge in [0.1, 0.15) is 0 Å². The number of nitrogens with zero attached hydrogens (tertiary/aromatic N) is 3. The number of halogens is 1. The minimum absolute atomic E-state index is 0.219. The van der Waals surface area contributed by atoms with Crippen molar-refractivity contribution in [2.45, 2.75) is 38.5 Å². The van der Waals surface area contributed by atoms with Gasteiger partial charge >= 0.3 is 0 Å². The van der Waals surface area contributed by atoms with Gasteiger partial charge in [0.2, 0.25) is 16.7 Å². The number of hydrogen-bond acceptors (Lipinski definition) is 5. The van der Waals surface area contributed by atoms with Crippen molar-refractivity contribution in [1.29, 1.82) is 0 Å². The van der Waals surface area contributed by atoms with E-state index in [0.29, 0.717) is 12.1 Å². The lowest BCUT2D eigenvalue weighted by Crippen LogP contribution is -2.48. The fraction of sp³-hybridized carbons (Fsp3) is 0.412. The van der Waals surface area contributed by atoms with Crippen LogP contribution in [0.2, 0.25) is 0 Å². The largest absolute Gasteiger partial charge is 0.309 e. The Labute approximate surface area is 164 Å². The van der Waals surface area contributed by atoms with Gasteiger partial charge in [0.15, 0.2) is 5.17 Å². The quantitative estimate of drug-likeness (QED) is 0.786. The second-order valence-corrected chi connectivity index (χ2v) is 8.23. The SMILES string of the molecule is CCCCN1C(=O)[C@]2(SC(NC(C)=O)=NN2C(C)=O)c2cc(Br)ccc21. The molecule has 2 aliphatic rings. The first kappa shape index (κ1) is 18.9. The number of nitrogens with one attached hydrogen (secondary N) is 1. The Morgan fingerprint density at radius 1 is 1.35 bits per heavy atom. The number of amides is 3.